The van der Waals surface area contributed by atoms with E-state index in [1.54, 1.807) is 29.2 Å². The van der Waals surface area contributed by atoms with Gasteiger partial charge in [-0.15, -0.1) is 0 Å². The van der Waals surface area contributed by atoms with E-state index in [2.05, 4.69) is 0 Å². The highest BCUT2D eigenvalue weighted by Gasteiger charge is 2.49. The molecule has 5 rings (SSSR count). The summed E-state index contributed by atoms with van der Waals surface area (Å²) < 4.78 is 18.9. The van der Waals surface area contributed by atoms with Gasteiger partial charge in [0.2, 0.25) is 5.91 Å². The molecule has 0 saturated carbocycles. The number of carbonyl (C=O) groups excluding carboxylic acids is 1. The van der Waals surface area contributed by atoms with Crippen molar-refractivity contribution in [3.05, 3.63) is 95.3 Å². The number of amides is 1. The van der Waals surface area contributed by atoms with Crippen LogP contribution in [-0.2, 0) is 16.0 Å². The van der Waals surface area contributed by atoms with Crippen molar-refractivity contribution in [1.29, 1.82) is 0 Å². The number of para-hydroxylation sites is 1. The van der Waals surface area contributed by atoms with Crippen molar-refractivity contribution >= 4 is 11.6 Å². The van der Waals surface area contributed by atoms with Crippen molar-refractivity contribution in [2.45, 2.75) is 61.9 Å². The normalized spacial score (nSPS) is 28.8. The van der Waals surface area contributed by atoms with Gasteiger partial charge in [0, 0.05) is 17.7 Å². The van der Waals surface area contributed by atoms with E-state index in [4.69, 9.17) is 4.74 Å². The molecule has 0 bridgehead atoms. The van der Waals surface area contributed by atoms with Gasteiger partial charge >= 0.3 is 0 Å². The number of hydrogen-bond donors (Lipinski definition) is 6. The molecule has 0 radical (unpaired) electrons. The van der Waals surface area contributed by atoms with Crippen LogP contribution in [0.4, 0.5) is 10.1 Å². The second-order valence-electron chi connectivity index (χ2n) is 10.7. The summed E-state index contributed by atoms with van der Waals surface area (Å²) in [5, 5.41) is 61.8. The summed E-state index contributed by atoms with van der Waals surface area (Å²) in [5.74, 6) is -1.14. The maximum Gasteiger partial charge on any atom is 0.233 e. The molecule has 8 atom stereocenters. The summed E-state index contributed by atoms with van der Waals surface area (Å²) in [6, 6.07) is 19.1. The number of carbonyl (C=O) groups is 1. The van der Waals surface area contributed by atoms with E-state index in [-0.39, 0.29) is 24.5 Å². The van der Waals surface area contributed by atoms with Gasteiger partial charge in [0.15, 0.2) is 0 Å². The van der Waals surface area contributed by atoms with Crippen LogP contribution in [0.5, 0.6) is 5.75 Å². The molecule has 2 heterocycles. The number of rotatable bonds is 9. The van der Waals surface area contributed by atoms with Crippen LogP contribution < -0.4 is 4.90 Å². The Bertz CT molecular complexity index is 1340. The summed E-state index contributed by atoms with van der Waals surface area (Å²) in [4.78, 5) is 14.9. The van der Waals surface area contributed by atoms with Gasteiger partial charge in [-0.25, -0.2) is 4.39 Å². The first kappa shape index (κ1) is 29.1. The molecule has 2 aliphatic rings. The Labute approximate surface area is 236 Å². The predicted molar refractivity (Wildman–Crippen MR) is 146 cm³/mol. The molecule has 2 aliphatic heterocycles. The summed E-state index contributed by atoms with van der Waals surface area (Å²) in [5.41, 5.74) is 2.31. The molecule has 10 heteroatoms. The lowest BCUT2D eigenvalue weighted by Gasteiger charge is -2.48. The maximum atomic E-state index is 13.3. The summed E-state index contributed by atoms with van der Waals surface area (Å²) in [6.45, 7) is -0.534. The third kappa shape index (κ3) is 5.85. The van der Waals surface area contributed by atoms with Gasteiger partial charge in [-0.2, -0.15) is 0 Å². The Balaban J connectivity index is 1.36. The number of nitrogens with zero attached hydrogens (tertiary/aromatic N) is 1. The largest absolute Gasteiger partial charge is 0.508 e. The van der Waals surface area contributed by atoms with Gasteiger partial charge in [-0.1, -0.05) is 42.5 Å². The lowest BCUT2D eigenvalue weighted by Crippen LogP contribution is -2.59. The van der Waals surface area contributed by atoms with E-state index in [0.717, 1.165) is 0 Å². The second-order valence-corrected chi connectivity index (χ2v) is 10.7. The third-order valence-electron chi connectivity index (χ3n) is 8.10. The van der Waals surface area contributed by atoms with Gasteiger partial charge in [-0.05, 0) is 54.3 Å². The zero-order valence-electron chi connectivity index (χ0n) is 22.2. The van der Waals surface area contributed by atoms with Crippen molar-refractivity contribution in [3.63, 3.8) is 0 Å². The van der Waals surface area contributed by atoms with E-state index in [1.165, 1.54) is 30.3 Å². The molecule has 0 aliphatic carbocycles. The zero-order valence-corrected chi connectivity index (χ0v) is 22.2. The Morgan fingerprint density at radius 1 is 0.902 bits per heavy atom. The van der Waals surface area contributed by atoms with Crippen molar-refractivity contribution < 1.29 is 44.6 Å². The van der Waals surface area contributed by atoms with Crippen molar-refractivity contribution in [2.75, 3.05) is 11.5 Å². The van der Waals surface area contributed by atoms with Crippen molar-refractivity contribution in [2.24, 2.45) is 5.92 Å². The molecule has 1 amide bonds. The van der Waals surface area contributed by atoms with Crippen LogP contribution >= 0.6 is 0 Å². The van der Waals surface area contributed by atoms with Gasteiger partial charge in [0.25, 0.3) is 0 Å². The quantitative estimate of drug-likeness (QED) is 0.215. The van der Waals surface area contributed by atoms with E-state index >= 15 is 0 Å². The van der Waals surface area contributed by atoms with Crippen LogP contribution in [0.15, 0.2) is 72.8 Å². The number of aliphatic hydroxyl groups excluding tert-OH is 5. The maximum absolute atomic E-state index is 13.3. The zero-order chi connectivity index (χ0) is 29.3. The molecule has 0 aromatic heterocycles. The molecular formula is C31H34FNO8. The van der Waals surface area contributed by atoms with Crippen LogP contribution in [0.1, 0.15) is 41.7 Å². The van der Waals surface area contributed by atoms with Gasteiger partial charge in [0.1, 0.15) is 36.0 Å². The SMILES string of the molecule is O=C1[C@H](CC[C@H](O)c2ccc(F)cc2)[C@@H](c2ccc(C[C@@H]3OC(CO)[C@@H](O)C(O)[C@@H]3O)cc2O)N1c1ccccc1. The molecule has 3 aromatic rings. The first-order valence-electron chi connectivity index (χ1n) is 13.6. The van der Waals surface area contributed by atoms with E-state index in [1.807, 2.05) is 18.2 Å². The number of β-lactam (4-membered cyclic amide) rings is 1. The van der Waals surface area contributed by atoms with Gasteiger partial charge < -0.3 is 40.3 Å². The highest BCUT2D eigenvalue weighted by atomic mass is 19.1. The topological polar surface area (TPSA) is 151 Å². The first-order chi connectivity index (χ1) is 19.7. The molecule has 0 spiro atoms. The number of phenolic OH excluding ortho intramolecular Hbond substituents is 1. The number of anilines is 1. The summed E-state index contributed by atoms with van der Waals surface area (Å²) in [7, 11) is 0. The molecule has 2 unspecified atom stereocenters. The van der Waals surface area contributed by atoms with E-state index < -0.39 is 61.0 Å². The first-order valence-corrected chi connectivity index (χ1v) is 13.6. The van der Waals surface area contributed by atoms with Crippen molar-refractivity contribution in [3.8, 4) is 5.75 Å². The van der Waals surface area contributed by atoms with Gasteiger partial charge in [0.05, 0.1) is 30.8 Å². The number of aromatic hydroxyl groups is 1. The monoisotopic (exact) mass is 567 g/mol. The lowest BCUT2D eigenvalue weighted by atomic mass is 9.77. The molecule has 2 fully saturated rings. The molecular weight excluding hydrogens is 533 g/mol. The number of aliphatic hydroxyl groups is 5. The standard InChI is InChI=1S/C31H34FNO8/c32-19-9-7-18(8-10-19)23(35)13-12-22-27(33(31(22)40)20-4-2-1-3-5-20)21-11-6-17(14-24(21)36)15-25-28(37)30(39)29(38)26(16-34)41-25/h1-11,14,22-23,25-30,34-39H,12-13,15-16H2/t22-,23+,25+,26?,27-,28-,29-,30?/m1/s1. The Morgan fingerprint density at radius 3 is 2.24 bits per heavy atom. The number of benzene rings is 3. The van der Waals surface area contributed by atoms with E-state index in [0.29, 0.717) is 28.8 Å². The van der Waals surface area contributed by atoms with Crippen LogP contribution in [-0.4, -0.2) is 73.7 Å². The lowest BCUT2D eigenvalue weighted by molar-refractivity contribution is -0.228. The number of halogens is 1. The fourth-order valence-corrected chi connectivity index (χ4v) is 5.80. The fraction of sp³-hybridized carbons (Fsp3) is 0.387. The molecule has 2 saturated heterocycles. The molecule has 9 nitrogen and oxygen atoms in total. The second kappa shape index (κ2) is 12.2. The molecule has 3 aromatic carbocycles. The molecule has 6 N–H and O–H groups in total. The van der Waals surface area contributed by atoms with Crippen molar-refractivity contribution in [1.82, 2.24) is 0 Å². The number of phenols is 1. The third-order valence-corrected chi connectivity index (χ3v) is 8.10. The van der Waals surface area contributed by atoms with Gasteiger partial charge in [-0.3, -0.25) is 4.79 Å². The highest BCUT2D eigenvalue weighted by molar-refractivity contribution is 6.03. The van der Waals surface area contributed by atoms with E-state index in [9.17, 15) is 39.8 Å². The average Bonchev–Trinajstić information content (AvgIpc) is 2.97. The van der Waals surface area contributed by atoms with Crippen LogP contribution in [0.25, 0.3) is 0 Å². The Hall–Kier alpha value is -3.38. The number of ether oxygens (including phenoxy) is 1. The Morgan fingerprint density at radius 2 is 1.59 bits per heavy atom. The highest BCUT2D eigenvalue weighted by Crippen LogP contribution is 2.48. The molecule has 218 valence electrons. The minimum atomic E-state index is -1.50. The minimum Gasteiger partial charge on any atom is -0.508 e. The smallest absolute Gasteiger partial charge is 0.233 e. The number of hydrogen-bond acceptors (Lipinski definition) is 8. The van der Waals surface area contributed by atoms with Crippen LogP contribution in [0.2, 0.25) is 0 Å². The average molecular weight is 568 g/mol. The predicted octanol–water partition coefficient (Wildman–Crippen LogP) is 2.13. The fourth-order valence-electron chi connectivity index (χ4n) is 5.80. The summed E-state index contributed by atoms with van der Waals surface area (Å²) in [6.07, 6.45) is -6.51. The Kier molecular flexibility index (Phi) is 8.69. The van der Waals surface area contributed by atoms with Crippen LogP contribution in [0, 0.1) is 11.7 Å². The summed E-state index contributed by atoms with van der Waals surface area (Å²) >= 11 is 0. The van der Waals surface area contributed by atoms with Crippen LogP contribution in [0.3, 0.4) is 0 Å². The molecule has 41 heavy (non-hydrogen) atoms. The minimum absolute atomic E-state index is 0.0744.